The van der Waals surface area contributed by atoms with Crippen LogP contribution in [0.25, 0.3) is 0 Å². The molecule has 0 spiro atoms. The van der Waals surface area contributed by atoms with Crippen LogP contribution in [0.15, 0.2) is 12.2 Å². The molecule has 1 nitrogen and oxygen atoms in total. The largest absolute Gasteiger partial charge is 0.386 e. The van der Waals surface area contributed by atoms with Gasteiger partial charge in [-0.15, -0.1) is 0 Å². The Labute approximate surface area is 68.1 Å². The summed E-state index contributed by atoms with van der Waals surface area (Å²) in [5.41, 5.74) is -0.145. The van der Waals surface area contributed by atoms with Crippen LogP contribution in [0.2, 0.25) is 0 Å². The number of aliphatic hydroxyl groups is 1. The van der Waals surface area contributed by atoms with E-state index in [4.69, 9.17) is 0 Å². The van der Waals surface area contributed by atoms with E-state index >= 15 is 0 Å². The molecule has 1 N–H and O–H groups in total. The molecule has 0 heterocycles. The highest BCUT2D eigenvalue weighted by Crippen LogP contribution is 2.67. The average molecular weight is 152 g/mol. The first-order valence-electron chi connectivity index (χ1n) is 4.42. The van der Waals surface area contributed by atoms with Crippen molar-refractivity contribution in [2.24, 2.45) is 17.3 Å². The highest BCUT2D eigenvalue weighted by molar-refractivity contribution is 5.32. The Morgan fingerprint density at radius 3 is 2.27 bits per heavy atom. The maximum atomic E-state index is 9.83. The van der Waals surface area contributed by atoms with E-state index in [1.54, 1.807) is 0 Å². The zero-order valence-corrected chi connectivity index (χ0v) is 7.46. The Balaban J connectivity index is 2.25. The zero-order valence-electron chi connectivity index (χ0n) is 7.46. The molecular weight excluding hydrogens is 136 g/mol. The minimum atomic E-state index is -0.510. The lowest BCUT2D eigenvalue weighted by molar-refractivity contribution is 0.0818. The molecule has 3 atom stereocenters. The molecule has 2 rings (SSSR count). The number of hydrogen-bond donors (Lipinski definition) is 1. The van der Waals surface area contributed by atoms with Crippen LogP contribution in [0.3, 0.4) is 0 Å². The van der Waals surface area contributed by atoms with Crippen LogP contribution in [0.1, 0.15) is 27.2 Å². The molecule has 1 saturated carbocycles. The van der Waals surface area contributed by atoms with E-state index in [-0.39, 0.29) is 0 Å². The highest BCUT2D eigenvalue weighted by atomic mass is 16.3. The number of allylic oxidation sites excluding steroid dienone is 1. The Hall–Kier alpha value is -0.300. The quantitative estimate of drug-likeness (QED) is 0.569. The van der Waals surface area contributed by atoms with E-state index in [0.29, 0.717) is 17.3 Å². The van der Waals surface area contributed by atoms with Gasteiger partial charge in [0, 0.05) is 5.92 Å². The van der Waals surface area contributed by atoms with Gasteiger partial charge in [-0.1, -0.05) is 26.0 Å². The summed E-state index contributed by atoms with van der Waals surface area (Å²) in [6.45, 7) is 6.41. The normalized spacial score (nSPS) is 53.4. The van der Waals surface area contributed by atoms with E-state index in [1.165, 1.54) is 6.42 Å². The maximum absolute atomic E-state index is 9.83. The molecule has 62 valence electrons. The Morgan fingerprint density at radius 1 is 1.45 bits per heavy atom. The summed E-state index contributed by atoms with van der Waals surface area (Å²) in [5, 5.41) is 9.83. The van der Waals surface area contributed by atoms with Gasteiger partial charge >= 0.3 is 0 Å². The monoisotopic (exact) mass is 152 g/mol. The molecule has 1 heteroatoms. The molecule has 2 aliphatic carbocycles. The molecule has 1 unspecified atom stereocenters. The fraction of sp³-hybridized carbons (Fsp3) is 0.800. The van der Waals surface area contributed by atoms with Gasteiger partial charge in [-0.05, 0) is 24.7 Å². The molecule has 11 heavy (non-hydrogen) atoms. The summed E-state index contributed by atoms with van der Waals surface area (Å²) in [7, 11) is 0. The van der Waals surface area contributed by atoms with E-state index in [9.17, 15) is 5.11 Å². The molecule has 1 fully saturated rings. The standard InChI is InChI=1S/C10H16O/c1-7(2)10-5-4-9(3,11)8(10)6-10/h4-5,7-8,11H,6H2,1-3H3/t8-,9?,10+/m1/s1. The van der Waals surface area contributed by atoms with Crippen molar-refractivity contribution in [1.29, 1.82) is 0 Å². The van der Waals surface area contributed by atoms with E-state index in [2.05, 4.69) is 19.9 Å². The lowest BCUT2D eigenvalue weighted by Crippen LogP contribution is -2.23. The molecule has 0 aromatic heterocycles. The SMILES string of the molecule is CC(C)[C@@]12C=CC(C)(O)[C@H]1C2. The maximum Gasteiger partial charge on any atom is 0.0836 e. The van der Waals surface area contributed by atoms with E-state index < -0.39 is 5.60 Å². The van der Waals surface area contributed by atoms with Crippen LogP contribution in [-0.2, 0) is 0 Å². The van der Waals surface area contributed by atoms with Crippen molar-refractivity contribution in [3.05, 3.63) is 12.2 Å². The Bertz CT molecular complexity index is 215. The topological polar surface area (TPSA) is 20.2 Å². The lowest BCUT2D eigenvalue weighted by Gasteiger charge is -2.17. The van der Waals surface area contributed by atoms with Crippen LogP contribution in [0.4, 0.5) is 0 Å². The summed E-state index contributed by atoms with van der Waals surface area (Å²) in [6.07, 6.45) is 5.39. The Kier molecular flexibility index (Phi) is 1.15. The molecule has 0 aromatic carbocycles. The summed E-state index contributed by atoms with van der Waals surface area (Å²) in [4.78, 5) is 0. The average Bonchev–Trinajstić information content (AvgIpc) is 2.54. The summed E-state index contributed by atoms with van der Waals surface area (Å²) < 4.78 is 0. The predicted molar refractivity (Wildman–Crippen MR) is 45.1 cm³/mol. The van der Waals surface area contributed by atoms with Crippen LogP contribution >= 0.6 is 0 Å². The van der Waals surface area contributed by atoms with Crippen LogP contribution in [0, 0.1) is 17.3 Å². The third kappa shape index (κ3) is 0.750. The van der Waals surface area contributed by atoms with Crippen molar-refractivity contribution < 1.29 is 5.11 Å². The molecule has 2 aliphatic rings. The summed E-state index contributed by atoms with van der Waals surface area (Å²) >= 11 is 0. The van der Waals surface area contributed by atoms with Crippen molar-refractivity contribution >= 4 is 0 Å². The van der Waals surface area contributed by atoms with Crippen molar-refractivity contribution in [2.45, 2.75) is 32.8 Å². The van der Waals surface area contributed by atoms with Gasteiger partial charge < -0.3 is 5.11 Å². The Morgan fingerprint density at radius 2 is 2.09 bits per heavy atom. The molecule has 0 radical (unpaired) electrons. The fourth-order valence-electron chi connectivity index (χ4n) is 2.50. The first-order valence-corrected chi connectivity index (χ1v) is 4.42. The van der Waals surface area contributed by atoms with Gasteiger partial charge in [0.2, 0.25) is 0 Å². The van der Waals surface area contributed by atoms with Crippen molar-refractivity contribution in [1.82, 2.24) is 0 Å². The second-order valence-corrected chi connectivity index (χ2v) is 4.58. The molecular formula is C10H16O. The summed E-state index contributed by atoms with van der Waals surface area (Å²) in [6, 6.07) is 0. The molecule has 0 saturated heterocycles. The van der Waals surface area contributed by atoms with E-state index in [0.717, 1.165) is 0 Å². The van der Waals surface area contributed by atoms with Gasteiger partial charge in [-0.2, -0.15) is 0 Å². The van der Waals surface area contributed by atoms with Crippen molar-refractivity contribution in [2.75, 3.05) is 0 Å². The van der Waals surface area contributed by atoms with Gasteiger partial charge in [0.1, 0.15) is 0 Å². The number of rotatable bonds is 1. The second kappa shape index (κ2) is 1.71. The first-order chi connectivity index (χ1) is 4.99. The second-order valence-electron chi connectivity index (χ2n) is 4.58. The summed E-state index contributed by atoms with van der Waals surface area (Å²) in [5.74, 6) is 1.19. The van der Waals surface area contributed by atoms with Gasteiger partial charge in [0.15, 0.2) is 0 Å². The lowest BCUT2D eigenvalue weighted by atomic mass is 9.91. The first kappa shape index (κ1) is 7.35. The third-order valence-electron chi connectivity index (χ3n) is 3.56. The molecule has 0 aliphatic heterocycles. The zero-order chi connectivity index (χ0) is 8.28. The molecule has 0 amide bonds. The van der Waals surface area contributed by atoms with E-state index in [1.807, 2.05) is 13.0 Å². The van der Waals surface area contributed by atoms with Crippen LogP contribution in [-0.4, -0.2) is 10.7 Å². The smallest absolute Gasteiger partial charge is 0.0836 e. The third-order valence-corrected chi connectivity index (χ3v) is 3.56. The van der Waals surface area contributed by atoms with Gasteiger partial charge in [-0.25, -0.2) is 0 Å². The van der Waals surface area contributed by atoms with Gasteiger partial charge in [0.25, 0.3) is 0 Å². The van der Waals surface area contributed by atoms with Crippen LogP contribution < -0.4 is 0 Å². The van der Waals surface area contributed by atoms with Crippen molar-refractivity contribution in [3.63, 3.8) is 0 Å². The van der Waals surface area contributed by atoms with Gasteiger partial charge in [0.05, 0.1) is 5.60 Å². The van der Waals surface area contributed by atoms with Crippen LogP contribution in [0.5, 0.6) is 0 Å². The number of hydrogen-bond acceptors (Lipinski definition) is 1. The predicted octanol–water partition coefficient (Wildman–Crippen LogP) is 1.97. The fourth-order valence-corrected chi connectivity index (χ4v) is 2.50. The molecule has 0 aromatic rings. The number of fused-ring (bicyclic) bond motifs is 1. The highest BCUT2D eigenvalue weighted by Gasteiger charge is 2.64. The molecule has 0 bridgehead atoms. The van der Waals surface area contributed by atoms with Gasteiger partial charge in [-0.3, -0.25) is 0 Å². The van der Waals surface area contributed by atoms with Crippen molar-refractivity contribution in [3.8, 4) is 0 Å². The minimum Gasteiger partial charge on any atom is -0.386 e. The minimum absolute atomic E-state index is 0.365.